The summed E-state index contributed by atoms with van der Waals surface area (Å²) in [5.41, 5.74) is 2.53. The summed E-state index contributed by atoms with van der Waals surface area (Å²) >= 11 is 0. The van der Waals surface area contributed by atoms with Gasteiger partial charge in [-0.1, -0.05) is 29.8 Å². The first-order valence-electron chi connectivity index (χ1n) is 9.70. The summed E-state index contributed by atoms with van der Waals surface area (Å²) in [6, 6.07) is 8.69. The van der Waals surface area contributed by atoms with Crippen molar-refractivity contribution in [3.63, 3.8) is 0 Å². The SMILES string of the molecule is CCNC(=NCc1ncnn1C)NCC1CCCOC1c1ccc(C)cc1. The predicted molar refractivity (Wildman–Crippen MR) is 106 cm³/mol. The highest BCUT2D eigenvalue weighted by Gasteiger charge is 2.27. The molecule has 2 aromatic rings. The van der Waals surface area contributed by atoms with Crippen LogP contribution in [0.2, 0.25) is 0 Å². The van der Waals surface area contributed by atoms with Crippen molar-refractivity contribution in [1.29, 1.82) is 0 Å². The molecule has 1 aromatic carbocycles. The van der Waals surface area contributed by atoms with Gasteiger partial charge in [-0.2, -0.15) is 5.10 Å². The van der Waals surface area contributed by atoms with Gasteiger partial charge >= 0.3 is 0 Å². The van der Waals surface area contributed by atoms with Crippen molar-refractivity contribution >= 4 is 5.96 Å². The smallest absolute Gasteiger partial charge is 0.191 e. The molecule has 7 nitrogen and oxygen atoms in total. The van der Waals surface area contributed by atoms with E-state index in [1.165, 1.54) is 11.1 Å². The summed E-state index contributed by atoms with van der Waals surface area (Å²) in [4.78, 5) is 8.87. The maximum absolute atomic E-state index is 6.12. The third kappa shape index (κ3) is 5.29. The number of hydrogen-bond donors (Lipinski definition) is 2. The summed E-state index contributed by atoms with van der Waals surface area (Å²) in [5, 5.41) is 10.9. The van der Waals surface area contributed by atoms with Crippen LogP contribution in [-0.2, 0) is 18.3 Å². The van der Waals surface area contributed by atoms with Crippen molar-refractivity contribution in [2.75, 3.05) is 19.7 Å². The van der Waals surface area contributed by atoms with E-state index in [9.17, 15) is 0 Å². The molecular weight excluding hydrogens is 340 g/mol. The molecule has 1 fully saturated rings. The molecule has 0 aliphatic carbocycles. The topological polar surface area (TPSA) is 76.4 Å². The Hall–Kier alpha value is -2.41. The number of ether oxygens (including phenoxy) is 1. The van der Waals surface area contributed by atoms with Gasteiger partial charge in [0.25, 0.3) is 0 Å². The maximum Gasteiger partial charge on any atom is 0.191 e. The highest BCUT2D eigenvalue weighted by molar-refractivity contribution is 5.79. The average Bonchev–Trinajstić information content (AvgIpc) is 3.10. The van der Waals surface area contributed by atoms with Gasteiger partial charge in [0, 0.05) is 32.7 Å². The number of benzene rings is 1. The Labute approximate surface area is 161 Å². The van der Waals surface area contributed by atoms with E-state index in [0.717, 1.165) is 44.3 Å². The van der Waals surface area contributed by atoms with E-state index in [-0.39, 0.29) is 6.10 Å². The van der Waals surface area contributed by atoms with Crippen LogP contribution in [0.5, 0.6) is 0 Å². The minimum atomic E-state index is 0.133. The van der Waals surface area contributed by atoms with Crippen molar-refractivity contribution in [1.82, 2.24) is 25.4 Å². The molecule has 0 saturated carbocycles. The Morgan fingerprint density at radius 2 is 2.11 bits per heavy atom. The molecule has 1 saturated heterocycles. The number of aromatic nitrogens is 3. The van der Waals surface area contributed by atoms with Gasteiger partial charge in [-0.3, -0.25) is 4.68 Å². The van der Waals surface area contributed by atoms with Crippen LogP contribution < -0.4 is 10.6 Å². The van der Waals surface area contributed by atoms with E-state index in [2.05, 4.69) is 63.8 Å². The van der Waals surface area contributed by atoms with E-state index in [1.807, 2.05) is 7.05 Å². The zero-order valence-electron chi connectivity index (χ0n) is 16.5. The first-order chi connectivity index (χ1) is 13.2. The molecule has 27 heavy (non-hydrogen) atoms. The molecule has 2 atom stereocenters. The Balaban J connectivity index is 1.63. The van der Waals surface area contributed by atoms with Gasteiger partial charge in [0.15, 0.2) is 5.96 Å². The quantitative estimate of drug-likeness (QED) is 0.603. The van der Waals surface area contributed by atoms with Crippen LogP contribution in [-0.4, -0.2) is 40.4 Å². The minimum absolute atomic E-state index is 0.133. The average molecular weight is 371 g/mol. The fourth-order valence-electron chi connectivity index (χ4n) is 3.36. The van der Waals surface area contributed by atoms with Crippen LogP contribution in [0.25, 0.3) is 0 Å². The second-order valence-electron chi connectivity index (χ2n) is 6.98. The fraction of sp³-hybridized carbons (Fsp3) is 0.550. The molecule has 2 N–H and O–H groups in total. The van der Waals surface area contributed by atoms with Gasteiger partial charge in [0.05, 0.1) is 6.10 Å². The number of aliphatic imine (C=N–C) groups is 1. The molecule has 146 valence electrons. The lowest BCUT2D eigenvalue weighted by atomic mass is 9.89. The summed E-state index contributed by atoms with van der Waals surface area (Å²) in [6.45, 7) is 7.14. The van der Waals surface area contributed by atoms with Crippen LogP contribution in [0.1, 0.15) is 42.8 Å². The number of nitrogens with one attached hydrogen (secondary N) is 2. The lowest BCUT2D eigenvalue weighted by Crippen LogP contribution is -2.42. The molecule has 0 spiro atoms. The fourth-order valence-corrected chi connectivity index (χ4v) is 3.36. The summed E-state index contributed by atoms with van der Waals surface area (Å²) in [7, 11) is 1.88. The summed E-state index contributed by atoms with van der Waals surface area (Å²) < 4.78 is 7.87. The highest BCUT2D eigenvalue weighted by Crippen LogP contribution is 2.33. The number of nitrogens with zero attached hydrogens (tertiary/aromatic N) is 4. The predicted octanol–water partition coefficient (Wildman–Crippen LogP) is 2.35. The number of rotatable bonds is 6. The molecule has 3 rings (SSSR count). The number of guanidine groups is 1. The van der Waals surface area contributed by atoms with Gasteiger partial charge in [0.2, 0.25) is 0 Å². The first-order valence-corrected chi connectivity index (χ1v) is 9.70. The molecule has 2 heterocycles. The zero-order chi connectivity index (χ0) is 19.1. The van der Waals surface area contributed by atoms with Gasteiger partial charge in [-0.25, -0.2) is 9.98 Å². The normalized spacial score (nSPS) is 20.5. The lowest BCUT2D eigenvalue weighted by Gasteiger charge is -2.32. The molecule has 0 radical (unpaired) electrons. The second kappa shape index (κ2) is 9.50. The molecule has 2 unspecified atom stereocenters. The Kier molecular flexibility index (Phi) is 6.81. The van der Waals surface area contributed by atoms with Crippen LogP contribution in [0.4, 0.5) is 0 Å². The number of aryl methyl sites for hydroxylation is 2. The monoisotopic (exact) mass is 370 g/mol. The van der Waals surface area contributed by atoms with Crippen LogP contribution in [0.3, 0.4) is 0 Å². The molecule has 7 heteroatoms. The van der Waals surface area contributed by atoms with E-state index >= 15 is 0 Å². The third-order valence-electron chi connectivity index (χ3n) is 4.91. The molecular formula is C20H30N6O. The van der Waals surface area contributed by atoms with E-state index in [4.69, 9.17) is 4.74 Å². The second-order valence-corrected chi connectivity index (χ2v) is 6.98. The minimum Gasteiger partial charge on any atom is -0.373 e. The standard InChI is InChI=1S/C20H30N6O/c1-4-21-20(23-13-18-24-14-25-26(18)3)22-12-17-6-5-11-27-19(17)16-9-7-15(2)8-10-16/h7-10,14,17,19H,4-6,11-13H2,1-3H3,(H2,21,22,23). The van der Waals surface area contributed by atoms with E-state index in [1.54, 1.807) is 11.0 Å². The van der Waals surface area contributed by atoms with E-state index < -0.39 is 0 Å². The summed E-state index contributed by atoms with van der Waals surface area (Å²) in [5.74, 6) is 2.06. The van der Waals surface area contributed by atoms with Crippen LogP contribution >= 0.6 is 0 Å². The Bertz CT molecular complexity index is 739. The highest BCUT2D eigenvalue weighted by atomic mass is 16.5. The largest absolute Gasteiger partial charge is 0.373 e. The lowest BCUT2D eigenvalue weighted by molar-refractivity contribution is -0.0265. The van der Waals surface area contributed by atoms with E-state index in [0.29, 0.717) is 12.5 Å². The van der Waals surface area contributed by atoms with Gasteiger partial charge in [0.1, 0.15) is 18.7 Å². The summed E-state index contributed by atoms with van der Waals surface area (Å²) in [6.07, 6.45) is 3.93. The van der Waals surface area contributed by atoms with Crippen LogP contribution in [0.15, 0.2) is 35.6 Å². The van der Waals surface area contributed by atoms with Gasteiger partial charge in [-0.15, -0.1) is 0 Å². The maximum atomic E-state index is 6.12. The molecule has 0 bridgehead atoms. The third-order valence-corrected chi connectivity index (χ3v) is 4.91. The van der Waals surface area contributed by atoms with Gasteiger partial charge in [-0.05, 0) is 32.3 Å². The number of hydrogen-bond acceptors (Lipinski definition) is 4. The van der Waals surface area contributed by atoms with Crippen molar-refractivity contribution in [3.8, 4) is 0 Å². The van der Waals surface area contributed by atoms with Crippen molar-refractivity contribution < 1.29 is 4.74 Å². The van der Waals surface area contributed by atoms with Crippen molar-refractivity contribution in [2.45, 2.75) is 39.3 Å². The zero-order valence-corrected chi connectivity index (χ0v) is 16.5. The van der Waals surface area contributed by atoms with Crippen molar-refractivity contribution in [2.24, 2.45) is 18.0 Å². The van der Waals surface area contributed by atoms with Gasteiger partial charge < -0.3 is 15.4 Å². The van der Waals surface area contributed by atoms with Crippen LogP contribution in [0, 0.1) is 12.8 Å². The molecule has 1 aliphatic rings. The molecule has 0 amide bonds. The first kappa shape index (κ1) is 19.4. The van der Waals surface area contributed by atoms with Crippen molar-refractivity contribution in [3.05, 3.63) is 47.5 Å². The Morgan fingerprint density at radius 1 is 1.30 bits per heavy atom. The molecule has 1 aliphatic heterocycles. The molecule has 1 aromatic heterocycles. The Morgan fingerprint density at radius 3 is 2.81 bits per heavy atom.